The number of nitrogens with zero attached hydrogens (tertiary/aromatic N) is 1. The molecule has 1 fully saturated rings. The van der Waals surface area contributed by atoms with Gasteiger partial charge < -0.3 is 10.1 Å². The van der Waals surface area contributed by atoms with Crippen molar-refractivity contribution in [2.24, 2.45) is 0 Å². The molecule has 0 aromatic heterocycles. The summed E-state index contributed by atoms with van der Waals surface area (Å²) in [6.07, 6.45) is 0.353. The molecule has 1 saturated heterocycles. The number of hydrogen-bond acceptors (Lipinski definition) is 6. The van der Waals surface area contributed by atoms with Crippen LogP contribution in [0.3, 0.4) is 0 Å². The monoisotopic (exact) mass is 390 g/mol. The van der Waals surface area contributed by atoms with Crippen LogP contribution >= 0.6 is 0 Å². The zero-order valence-corrected chi connectivity index (χ0v) is 15.8. The lowest BCUT2D eigenvalue weighted by molar-refractivity contribution is -0.121. The van der Waals surface area contributed by atoms with Gasteiger partial charge in [0.15, 0.2) is 9.84 Å². The highest BCUT2D eigenvalue weighted by molar-refractivity contribution is 7.91. The topological polar surface area (TPSA) is 110 Å². The summed E-state index contributed by atoms with van der Waals surface area (Å²) in [7, 11) is -5.46. The predicted octanol–water partition coefficient (Wildman–Crippen LogP) is 0.00910. The van der Waals surface area contributed by atoms with E-state index in [9.17, 15) is 21.6 Å². The SMILES string of the molecule is CCN(CC(=O)NC1CCS(=O)(=O)C1)S(=O)(=O)c1ccc(OC)cc1. The first-order chi connectivity index (χ1) is 11.7. The van der Waals surface area contributed by atoms with E-state index in [-0.39, 0.29) is 29.5 Å². The van der Waals surface area contributed by atoms with Crippen LogP contribution in [0.2, 0.25) is 0 Å². The number of carbonyl (C=O) groups is 1. The number of amides is 1. The van der Waals surface area contributed by atoms with Crippen LogP contribution in [0.15, 0.2) is 29.2 Å². The van der Waals surface area contributed by atoms with E-state index in [1.807, 2.05) is 0 Å². The Balaban J connectivity index is 2.06. The molecular weight excluding hydrogens is 368 g/mol. The lowest BCUT2D eigenvalue weighted by atomic mass is 10.2. The number of ether oxygens (including phenoxy) is 1. The van der Waals surface area contributed by atoms with Crippen molar-refractivity contribution in [1.29, 1.82) is 0 Å². The number of hydrogen-bond donors (Lipinski definition) is 1. The minimum Gasteiger partial charge on any atom is -0.497 e. The van der Waals surface area contributed by atoms with Crippen molar-refractivity contribution in [2.75, 3.05) is 31.7 Å². The van der Waals surface area contributed by atoms with Crippen LogP contribution < -0.4 is 10.1 Å². The Hall–Kier alpha value is -1.65. The molecule has 2 rings (SSSR count). The molecule has 0 spiro atoms. The summed E-state index contributed by atoms with van der Waals surface area (Å²) in [5.41, 5.74) is 0. The van der Waals surface area contributed by atoms with Crippen molar-refractivity contribution >= 4 is 25.8 Å². The Morgan fingerprint density at radius 2 is 1.96 bits per heavy atom. The van der Waals surface area contributed by atoms with Gasteiger partial charge in [-0.25, -0.2) is 16.8 Å². The van der Waals surface area contributed by atoms with E-state index in [0.29, 0.717) is 12.2 Å². The Bertz CT molecular complexity index is 818. The first-order valence-electron chi connectivity index (χ1n) is 7.82. The molecule has 1 aliphatic rings. The molecule has 1 unspecified atom stereocenters. The predicted molar refractivity (Wildman–Crippen MR) is 92.6 cm³/mol. The van der Waals surface area contributed by atoms with Crippen LogP contribution in [0, 0.1) is 0 Å². The molecule has 8 nitrogen and oxygen atoms in total. The van der Waals surface area contributed by atoms with Crippen LogP contribution in [0.5, 0.6) is 5.75 Å². The third-order valence-corrected chi connectivity index (χ3v) is 7.67. The second-order valence-electron chi connectivity index (χ2n) is 5.77. The molecule has 0 bridgehead atoms. The Morgan fingerprint density at radius 3 is 2.44 bits per heavy atom. The van der Waals surface area contributed by atoms with Crippen LogP contribution in [0.4, 0.5) is 0 Å². The standard InChI is InChI=1S/C15H22N2O6S2/c1-3-17(10-15(18)16-12-8-9-24(19,20)11-12)25(21,22)14-6-4-13(23-2)5-7-14/h4-7,12H,3,8-11H2,1-2H3,(H,16,18). The van der Waals surface area contributed by atoms with Gasteiger partial charge in [0.1, 0.15) is 5.75 Å². The molecule has 1 aliphatic heterocycles. The Kier molecular flexibility index (Phi) is 6.07. The summed E-state index contributed by atoms with van der Waals surface area (Å²) in [6.45, 7) is 1.39. The number of benzene rings is 1. The van der Waals surface area contributed by atoms with Crippen LogP contribution in [-0.4, -0.2) is 64.8 Å². The van der Waals surface area contributed by atoms with Gasteiger partial charge in [0, 0.05) is 12.6 Å². The van der Waals surface area contributed by atoms with Gasteiger partial charge in [-0.05, 0) is 30.7 Å². The summed E-state index contributed by atoms with van der Waals surface area (Å²) in [5.74, 6) is -0.0430. The van der Waals surface area contributed by atoms with Crippen LogP contribution in [0.1, 0.15) is 13.3 Å². The number of carbonyl (C=O) groups excluding carboxylic acids is 1. The van der Waals surface area contributed by atoms with E-state index in [0.717, 1.165) is 4.31 Å². The quantitative estimate of drug-likeness (QED) is 0.702. The summed E-state index contributed by atoms with van der Waals surface area (Å²) in [4.78, 5) is 12.2. The number of likely N-dealkylation sites (N-methyl/N-ethyl adjacent to an activating group) is 1. The van der Waals surface area contributed by atoms with Crippen molar-refractivity contribution in [3.63, 3.8) is 0 Å². The van der Waals surface area contributed by atoms with E-state index >= 15 is 0 Å². The van der Waals surface area contributed by atoms with Gasteiger partial charge in [0.2, 0.25) is 15.9 Å². The van der Waals surface area contributed by atoms with Crippen molar-refractivity contribution < 1.29 is 26.4 Å². The fraction of sp³-hybridized carbons (Fsp3) is 0.533. The zero-order chi connectivity index (χ0) is 18.7. The third-order valence-electron chi connectivity index (χ3n) is 3.97. The fourth-order valence-corrected chi connectivity index (χ4v) is 5.68. The van der Waals surface area contributed by atoms with Crippen LogP contribution in [-0.2, 0) is 24.7 Å². The molecule has 0 radical (unpaired) electrons. The summed E-state index contributed by atoms with van der Waals surface area (Å²) >= 11 is 0. The number of nitrogens with one attached hydrogen (secondary N) is 1. The second kappa shape index (κ2) is 7.71. The Labute approximate surface area is 148 Å². The maximum absolute atomic E-state index is 12.6. The second-order valence-corrected chi connectivity index (χ2v) is 9.94. The number of methoxy groups -OCH3 is 1. The molecule has 25 heavy (non-hydrogen) atoms. The van der Waals surface area contributed by atoms with Crippen molar-refractivity contribution in [2.45, 2.75) is 24.3 Å². The normalized spacial score (nSPS) is 19.7. The van der Waals surface area contributed by atoms with E-state index < -0.39 is 31.8 Å². The average molecular weight is 390 g/mol. The number of sulfone groups is 1. The molecule has 140 valence electrons. The van der Waals surface area contributed by atoms with Gasteiger partial charge in [0.25, 0.3) is 0 Å². The van der Waals surface area contributed by atoms with Gasteiger partial charge in [-0.2, -0.15) is 4.31 Å². The molecule has 1 heterocycles. The van der Waals surface area contributed by atoms with Gasteiger partial charge >= 0.3 is 0 Å². The average Bonchev–Trinajstić information content (AvgIpc) is 2.91. The zero-order valence-electron chi connectivity index (χ0n) is 14.1. The van der Waals surface area contributed by atoms with E-state index in [4.69, 9.17) is 4.74 Å². The first kappa shape index (κ1) is 19.7. The van der Waals surface area contributed by atoms with Gasteiger partial charge in [-0.1, -0.05) is 6.92 Å². The highest BCUT2D eigenvalue weighted by Crippen LogP contribution is 2.19. The molecule has 1 aromatic rings. The van der Waals surface area contributed by atoms with E-state index in [1.54, 1.807) is 6.92 Å². The molecule has 1 amide bonds. The maximum Gasteiger partial charge on any atom is 0.243 e. The molecule has 1 N–H and O–H groups in total. The van der Waals surface area contributed by atoms with Gasteiger partial charge in [-0.3, -0.25) is 4.79 Å². The fourth-order valence-electron chi connectivity index (χ4n) is 2.61. The minimum absolute atomic E-state index is 0.0413. The molecule has 0 saturated carbocycles. The summed E-state index contributed by atoms with van der Waals surface area (Å²) in [6, 6.07) is 5.44. The van der Waals surface area contributed by atoms with Gasteiger partial charge in [-0.15, -0.1) is 0 Å². The summed E-state index contributed by atoms with van der Waals surface area (Å²) < 4.78 is 54.2. The lowest BCUT2D eigenvalue weighted by Gasteiger charge is -2.21. The smallest absolute Gasteiger partial charge is 0.243 e. The summed E-state index contributed by atoms with van der Waals surface area (Å²) in [5, 5.41) is 2.60. The van der Waals surface area contributed by atoms with E-state index in [1.165, 1.54) is 31.4 Å². The van der Waals surface area contributed by atoms with E-state index in [2.05, 4.69) is 5.32 Å². The van der Waals surface area contributed by atoms with Crippen molar-refractivity contribution in [1.82, 2.24) is 9.62 Å². The van der Waals surface area contributed by atoms with Crippen LogP contribution in [0.25, 0.3) is 0 Å². The van der Waals surface area contributed by atoms with Crippen molar-refractivity contribution in [3.05, 3.63) is 24.3 Å². The Morgan fingerprint density at radius 1 is 1.32 bits per heavy atom. The maximum atomic E-state index is 12.6. The molecule has 1 atom stereocenters. The first-order valence-corrected chi connectivity index (χ1v) is 11.1. The highest BCUT2D eigenvalue weighted by Gasteiger charge is 2.31. The minimum atomic E-state index is -3.83. The number of sulfonamides is 1. The lowest BCUT2D eigenvalue weighted by Crippen LogP contribution is -2.44. The molecule has 1 aromatic carbocycles. The number of rotatable bonds is 7. The molecule has 0 aliphatic carbocycles. The molecular formula is C15H22N2O6S2. The van der Waals surface area contributed by atoms with Gasteiger partial charge in [0.05, 0.1) is 30.1 Å². The third kappa shape index (κ3) is 4.93. The largest absolute Gasteiger partial charge is 0.497 e. The van der Waals surface area contributed by atoms with Crippen molar-refractivity contribution in [3.8, 4) is 5.75 Å². The molecule has 10 heteroatoms. The highest BCUT2D eigenvalue weighted by atomic mass is 32.2.